The van der Waals surface area contributed by atoms with E-state index in [-0.39, 0.29) is 5.56 Å². The lowest BCUT2D eigenvalue weighted by Gasteiger charge is -2.20. The highest BCUT2D eigenvalue weighted by atomic mass is 16.5. The van der Waals surface area contributed by atoms with Gasteiger partial charge in [0.1, 0.15) is 23.9 Å². The number of hydrogen-bond acceptors (Lipinski definition) is 6. The fourth-order valence-electron chi connectivity index (χ4n) is 3.38. The van der Waals surface area contributed by atoms with E-state index in [0.29, 0.717) is 19.0 Å². The molecule has 1 aliphatic heterocycles. The zero-order valence-corrected chi connectivity index (χ0v) is 16.9. The van der Waals surface area contributed by atoms with Gasteiger partial charge in [0, 0.05) is 32.0 Å². The third-order valence-corrected chi connectivity index (χ3v) is 4.94. The van der Waals surface area contributed by atoms with Gasteiger partial charge >= 0.3 is 0 Å². The van der Waals surface area contributed by atoms with Crippen molar-refractivity contribution in [1.29, 1.82) is 0 Å². The first-order chi connectivity index (χ1) is 14.8. The molecule has 1 aromatic heterocycles. The van der Waals surface area contributed by atoms with Crippen LogP contribution in [-0.4, -0.2) is 42.3 Å². The third kappa shape index (κ3) is 5.18. The molecule has 1 saturated heterocycles. The number of aromatic nitrogens is 2. The summed E-state index contributed by atoms with van der Waals surface area (Å²) in [5, 5.41) is 3.34. The van der Waals surface area contributed by atoms with Crippen molar-refractivity contribution in [2.75, 3.05) is 37.7 Å². The van der Waals surface area contributed by atoms with Crippen LogP contribution in [0.25, 0.3) is 0 Å². The van der Waals surface area contributed by atoms with Crippen molar-refractivity contribution >= 4 is 5.82 Å². The van der Waals surface area contributed by atoms with Crippen LogP contribution >= 0.6 is 0 Å². The summed E-state index contributed by atoms with van der Waals surface area (Å²) in [4.78, 5) is 19.2. The van der Waals surface area contributed by atoms with Gasteiger partial charge in [-0.1, -0.05) is 18.2 Å². The van der Waals surface area contributed by atoms with Gasteiger partial charge < -0.3 is 24.3 Å². The molecule has 0 aliphatic carbocycles. The molecule has 2 aromatic carbocycles. The Hall–Kier alpha value is -3.32. The normalized spacial score (nSPS) is 14.2. The molecule has 3 aromatic rings. The highest BCUT2D eigenvalue weighted by Gasteiger charge is 2.15. The quantitative estimate of drug-likeness (QED) is 0.651. The molecule has 7 heteroatoms. The summed E-state index contributed by atoms with van der Waals surface area (Å²) in [6, 6.07) is 17.1. The van der Waals surface area contributed by atoms with Crippen LogP contribution in [0.3, 0.4) is 0 Å². The summed E-state index contributed by atoms with van der Waals surface area (Å²) < 4.78 is 13.3. The maximum atomic E-state index is 12.8. The summed E-state index contributed by atoms with van der Waals surface area (Å²) in [5.41, 5.74) is -0.0744. The summed E-state index contributed by atoms with van der Waals surface area (Å²) in [5.74, 6) is 2.79. The summed E-state index contributed by atoms with van der Waals surface area (Å²) >= 11 is 0. The molecule has 4 rings (SSSR count). The molecule has 0 radical (unpaired) electrons. The molecule has 30 heavy (non-hydrogen) atoms. The van der Waals surface area contributed by atoms with E-state index in [2.05, 4.69) is 15.2 Å². The molecular weight excluding hydrogens is 380 g/mol. The van der Waals surface area contributed by atoms with Crippen LogP contribution in [0.1, 0.15) is 6.42 Å². The van der Waals surface area contributed by atoms with Gasteiger partial charge in [-0.25, -0.2) is 4.98 Å². The van der Waals surface area contributed by atoms with Crippen LogP contribution in [0, 0.1) is 0 Å². The van der Waals surface area contributed by atoms with Crippen molar-refractivity contribution in [3.8, 4) is 17.2 Å². The monoisotopic (exact) mass is 406 g/mol. The number of para-hydroxylation sites is 1. The van der Waals surface area contributed by atoms with Crippen LogP contribution in [-0.2, 0) is 6.54 Å². The number of rotatable bonds is 7. The second-order valence-corrected chi connectivity index (χ2v) is 7.07. The highest BCUT2D eigenvalue weighted by molar-refractivity contribution is 5.36. The third-order valence-electron chi connectivity index (χ3n) is 4.94. The molecule has 0 amide bonds. The van der Waals surface area contributed by atoms with E-state index in [1.807, 2.05) is 54.6 Å². The standard InChI is InChI=1S/C23H26N4O3/c28-23-22(26-14-4-11-24-12-15-26)25-13-16-27(23)17-18-29-19-7-9-21(10-8-19)30-20-5-2-1-3-6-20/h1-3,5-10,13,16,24H,4,11-12,14-15,17-18H2. The molecule has 0 bridgehead atoms. The Labute approximate surface area is 175 Å². The number of anilines is 1. The fraction of sp³-hybridized carbons (Fsp3) is 0.304. The van der Waals surface area contributed by atoms with E-state index in [1.54, 1.807) is 17.0 Å². The predicted molar refractivity (Wildman–Crippen MR) is 117 cm³/mol. The molecule has 0 spiro atoms. The maximum absolute atomic E-state index is 12.8. The Balaban J connectivity index is 1.33. The molecule has 7 nitrogen and oxygen atoms in total. The van der Waals surface area contributed by atoms with E-state index in [4.69, 9.17) is 9.47 Å². The van der Waals surface area contributed by atoms with Crippen molar-refractivity contribution < 1.29 is 9.47 Å². The average molecular weight is 406 g/mol. The Morgan fingerprint density at radius 3 is 2.53 bits per heavy atom. The smallest absolute Gasteiger partial charge is 0.293 e. The van der Waals surface area contributed by atoms with Crippen molar-refractivity contribution in [3.05, 3.63) is 77.3 Å². The second-order valence-electron chi connectivity index (χ2n) is 7.07. The molecule has 1 fully saturated rings. The molecule has 0 atom stereocenters. The van der Waals surface area contributed by atoms with Crippen molar-refractivity contribution in [2.45, 2.75) is 13.0 Å². The Morgan fingerprint density at radius 1 is 0.933 bits per heavy atom. The SMILES string of the molecule is O=c1c(N2CCCNCC2)nccn1CCOc1ccc(Oc2ccccc2)cc1. The van der Waals surface area contributed by atoms with E-state index in [9.17, 15) is 4.79 Å². The summed E-state index contributed by atoms with van der Waals surface area (Å²) in [7, 11) is 0. The minimum Gasteiger partial charge on any atom is -0.492 e. The van der Waals surface area contributed by atoms with Crippen LogP contribution in [0.15, 0.2) is 71.8 Å². The first-order valence-corrected chi connectivity index (χ1v) is 10.3. The van der Waals surface area contributed by atoms with Gasteiger partial charge in [-0.05, 0) is 49.4 Å². The van der Waals surface area contributed by atoms with Crippen molar-refractivity contribution in [3.63, 3.8) is 0 Å². The van der Waals surface area contributed by atoms with E-state index >= 15 is 0 Å². The van der Waals surface area contributed by atoms with Crippen LogP contribution in [0.2, 0.25) is 0 Å². The topological polar surface area (TPSA) is 68.6 Å². The molecule has 0 saturated carbocycles. The zero-order valence-electron chi connectivity index (χ0n) is 16.9. The lowest BCUT2D eigenvalue weighted by molar-refractivity contribution is 0.296. The highest BCUT2D eigenvalue weighted by Crippen LogP contribution is 2.23. The second kappa shape index (κ2) is 9.93. The molecule has 1 aliphatic rings. The Kier molecular flexibility index (Phi) is 6.61. The number of ether oxygens (including phenoxy) is 2. The first kappa shape index (κ1) is 20.0. The van der Waals surface area contributed by atoms with Crippen molar-refractivity contribution in [2.24, 2.45) is 0 Å². The molecule has 0 unspecified atom stereocenters. The van der Waals surface area contributed by atoms with Gasteiger partial charge in [-0.3, -0.25) is 4.79 Å². The molecule has 2 heterocycles. The van der Waals surface area contributed by atoms with Gasteiger partial charge in [0.25, 0.3) is 5.56 Å². The van der Waals surface area contributed by atoms with E-state index in [0.717, 1.165) is 49.8 Å². The first-order valence-electron chi connectivity index (χ1n) is 10.3. The molecule has 156 valence electrons. The fourth-order valence-corrected chi connectivity index (χ4v) is 3.38. The molecule has 1 N–H and O–H groups in total. The minimum absolute atomic E-state index is 0.0744. The maximum Gasteiger partial charge on any atom is 0.293 e. The Bertz CT molecular complexity index is 981. The lowest BCUT2D eigenvalue weighted by atomic mass is 10.3. The van der Waals surface area contributed by atoms with Crippen molar-refractivity contribution in [1.82, 2.24) is 14.9 Å². The Morgan fingerprint density at radius 2 is 1.70 bits per heavy atom. The number of nitrogens with one attached hydrogen (secondary N) is 1. The predicted octanol–water partition coefficient (Wildman–Crippen LogP) is 2.91. The van der Waals surface area contributed by atoms with Gasteiger partial charge in [0.05, 0.1) is 6.54 Å². The van der Waals surface area contributed by atoms with E-state index in [1.165, 1.54) is 0 Å². The van der Waals surface area contributed by atoms with Crippen LogP contribution in [0.4, 0.5) is 5.82 Å². The summed E-state index contributed by atoms with van der Waals surface area (Å²) in [6.07, 6.45) is 4.40. The van der Waals surface area contributed by atoms with Gasteiger partial charge in [0.2, 0.25) is 0 Å². The lowest BCUT2D eigenvalue weighted by Crippen LogP contribution is -2.36. The van der Waals surface area contributed by atoms with Crippen LogP contribution < -0.4 is 25.2 Å². The number of benzene rings is 2. The van der Waals surface area contributed by atoms with Gasteiger partial charge in [-0.2, -0.15) is 0 Å². The van der Waals surface area contributed by atoms with E-state index < -0.39 is 0 Å². The average Bonchev–Trinajstić information content (AvgIpc) is 3.06. The number of nitrogens with zero attached hydrogens (tertiary/aromatic N) is 3. The number of hydrogen-bond donors (Lipinski definition) is 1. The van der Waals surface area contributed by atoms with Crippen LogP contribution in [0.5, 0.6) is 17.2 Å². The minimum atomic E-state index is -0.0744. The zero-order chi connectivity index (χ0) is 20.6. The largest absolute Gasteiger partial charge is 0.492 e. The van der Waals surface area contributed by atoms with Gasteiger partial charge in [0.15, 0.2) is 5.82 Å². The van der Waals surface area contributed by atoms with Gasteiger partial charge in [-0.15, -0.1) is 0 Å². The summed E-state index contributed by atoms with van der Waals surface area (Å²) in [6.45, 7) is 4.32. The molecular formula is C23H26N4O3.